The fraction of sp³-hybridized carbons (Fsp3) is 0.333. The fourth-order valence-corrected chi connectivity index (χ4v) is 4.20. The Bertz CT molecular complexity index is 694. The van der Waals surface area contributed by atoms with Gasteiger partial charge in [-0.05, 0) is 30.0 Å². The van der Waals surface area contributed by atoms with Crippen LogP contribution in [-0.2, 0) is 15.0 Å². The number of benzene rings is 2. The zero-order valence-corrected chi connectivity index (χ0v) is 14.8. The van der Waals surface area contributed by atoms with E-state index in [0.29, 0.717) is 6.54 Å². The van der Waals surface area contributed by atoms with E-state index in [4.69, 9.17) is 5.73 Å². The van der Waals surface area contributed by atoms with Crippen LogP contribution in [0.3, 0.4) is 0 Å². The Morgan fingerprint density at radius 1 is 1.12 bits per heavy atom. The van der Waals surface area contributed by atoms with Gasteiger partial charge >= 0.3 is 0 Å². The van der Waals surface area contributed by atoms with E-state index >= 15 is 0 Å². The molecule has 1 heterocycles. The number of nitrogens with one attached hydrogen (secondary N) is 1. The molecule has 26 heavy (non-hydrogen) atoms. The van der Waals surface area contributed by atoms with Crippen LogP contribution in [0, 0.1) is 5.92 Å². The molecular weight excluding hydrogens is 326 g/mol. The summed E-state index contributed by atoms with van der Waals surface area (Å²) in [5.41, 5.74) is 7.10. The van der Waals surface area contributed by atoms with Crippen LogP contribution in [0.2, 0.25) is 0 Å². The fourth-order valence-electron chi connectivity index (χ4n) is 4.20. The van der Waals surface area contributed by atoms with Crippen molar-refractivity contribution in [2.45, 2.75) is 11.8 Å². The topological polar surface area (TPSA) is 75.4 Å². The van der Waals surface area contributed by atoms with Crippen LogP contribution in [-0.4, -0.2) is 43.4 Å². The van der Waals surface area contributed by atoms with Crippen molar-refractivity contribution in [3.8, 4) is 0 Å². The van der Waals surface area contributed by atoms with E-state index in [1.807, 2.05) is 60.7 Å². The summed E-state index contributed by atoms with van der Waals surface area (Å²) in [6, 6.07) is 19.7. The number of amides is 2. The molecule has 2 amide bonds. The van der Waals surface area contributed by atoms with Gasteiger partial charge in [0.25, 0.3) is 0 Å². The molecule has 5 heteroatoms. The summed E-state index contributed by atoms with van der Waals surface area (Å²) in [4.78, 5) is 25.7. The van der Waals surface area contributed by atoms with Gasteiger partial charge in [-0.1, -0.05) is 60.7 Å². The van der Waals surface area contributed by atoms with Gasteiger partial charge in [0.2, 0.25) is 12.3 Å². The maximum Gasteiger partial charge on any atom is 0.232 e. The van der Waals surface area contributed by atoms with Crippen LogP contribution in [0.25, 0.3) is 0 Å². The van der Waals surface area contributed by atoms with Crippen molar-refractivity contribution in [2.24, 2.45) is 11.7 Å². The van der Waals surface area contributed by atoms with E-state index in [0.717, 1.165) is 43.6 Å². The van der Waals surface area contributed by atoms with Gasteiger partial charge in [0.15, 0.2) is 0 Å². The highest BCUT2D eigenvalue weighted by atomic mass is 16.1. The molecule has 1 saturated heterocycles. The number of nitrogens with zero attached hydrogens (tertiary/aromatic N) is 1. The Morgan fingerprint density at radius 2 is 1.69 bits per heavy atom. The molecule has 3 N–H and O–H groups in total. The Hall–Kier alpha value is -2.66. The van der Waals surface area contributed by atoms with Gasteiger partial charge in [0.05, 0.1) is 0 Å². The predicted octanol–water partition coefficient (Wildman–Crippen LogP) is 1.53. The molecule has 3 rings (SSSR count). The molecule has 0 bridgehead atoms. The molecule has 1 unspecified atom stereocenters. The number of rotatable bonds is 8. The second kappa shape index (κ2) is 8.15. The second-order valence-corrected chi connectivity index (χ2v) is 6.76. The Balaban J connectivity index is 1.99. The number of carbonyl (C=O) groups is 2. The summed E-state index contributed by atoms with van der Waals surface area (Å²) < 4.78 is 0. The number of carbonyl (C=O) groups excluding carboxylic acids is 2. The summed E-state index contributed by atoms with van der Waals surface area (Å²) in [5, 5.41) is 2.70. The summed E-state index contributed by atoms with van der Waals surface area (Å²) in [6.45, 7) is 3.04. The summed E-state index contributed by atoms with van der Waals surface area (Å²) in [5.74, 6) is -0.228. The molecule has 1 aliphatic heterocycles. The lowest BCUT2D eigenvalue weighted by molar-refractivity contribution is -0.123. The van der Waals surface area contributed by atoms with E-state index < -0.39 is 5.41 Å². The second-order valence-electron chi connectivity index (χ2n) is 6.76. The Labute approximate surface area is 154 Å². The van der Waals surface area contributed by atoms with E-state index in [9.17, 15) is 9.59 Å². The molecule has 0 spiro atoms. The first kappa shape index (κ1) is 18.1. The van der Waals surface area contributed by atoms with Crippen LogP contribution in [0.15, 0.2) is 60.7 Å². The molecule has 5 nitrogen and oxygen atoms in total. The van der Waals surface area contributed by atoms with Gasteiger partial charge in [0.1, 0.15) is 5.41 Å². The third kappa shape index (κ3) is 3.35. The quantitative estimate of drug-likeness (QED) is 0.559. The molecule has 2 aromatic carbocycles. The van der Waals surface area contributed by atoms with Crippen LogP contribution < -0.4 is 11.1 Å². The minimum Gasteiger partial charge on any atom is -0.369 e. The van der Waals surface area contributed by atoms with Crippen molar-refractivity contribution in [3.05, 3.63) is 71.8 Å². The average Bonchev–Trinajstić information content (AvgIpc) is 3.13. The number of hydrogen-bond donors (Lipinski definition) is 2. The van der Waals surface area contributed by atoms with E-state index in [1.54, 1.807) is 0 Å². The van der Waals surface area contributed by atoms with Crippen LogP contribution in [0.5, 0.6) is 0 Å². The van der Waals surface area contributed by atoms with Crippen molar-refractivity contribution in [1.29, 1.82) is 0 Å². The predicted molar refractivity (Wildman–Crippen MR) is 101 cm³/mol. The zero-order valence-electron chi connectivity index (χ0n) is 14.8. The van der Waals surface area contributed by atoms with Gasteiger partial charge in [0, 0.05) is 19.6 Å². The highest BCUT2D eigenvalue weighted by Crippen LogP contribution is 2.43. The SMILES string of the molecule is NC(=O)C(c1ccccc1)(c1ccccc1)C1CCN(CCNC=O)C1. The molecule has 1 atom stereocenters. The first-order valence-electron chi connectivity index (χ1n) is 9.00. The first-order valence-corrected chi connectivity index (χ1v) is 9.00. The highest BCUT2D eigenvalue weighted by molar-refractivity contribution is 5.91. The number of hydrogen-bond acceptors (Lipinski definition) is 3. The molecule has 0 aromatic heterocycles. The largest absolute Gasteiger partial charge is 0.369 e. The third-order valence-electron chi connectivity index (χ3n) is 5.39. The normalized spacial score (nSPS) is 17.8. The minimum absolute atomic E-state index is 0.0843. The van der Waals surface area contributed by atoms with Gasteiger partial charge in [-0.2, -0.15) is 0 Å². The lowest BCUT2D eigenvalue weighted by atomic mass is 9.64. The highest BCUT2D eigenvalue weighted by Gasteiger charge is 2.49. The minimum atomic E-state index is -0.852. The molecule has 2 aromatic rings. The maximum atomic E-state index is 12.9. The van der Waals surface area contributed by atoms with E-state index in [1.165, 1.54) is 0 Å². The monoisotopic (exact) mass is 351 g/mol. The van der Waals surface area contributed by atoms with Crippen LogP contribution >= 0.6 is 0 Å². The zero-order chi connectivity index (χ0) is 18.4. The summed E-state index contributed by atoms with van der Waals surface area (Å²) in [7, 11) is 0. The van der Waals surface area contributed by atoms with Crippen molar-refractivity contribution in [3.63, 3.8) is 0 Å². The number of nitrogens with two attached hydrogens (primary N) is 1. The molecule has 136 valence electrons. The van der Waals surface area contributed by atoms with Crippen molar-refractivity contribution < 1.29 is 9.59 Å². The van der Waals surface area contributed by atoms with Gasteiger partial charge < -0.3 is 16.0 Å². The van der Waals surface area contributed by atoms with E-state index in [-0.39, 0.29) is 11.8 Å². The van der Waals surface area contributed by atoms with E-state index in [2.05, 4.69) is 10.2 Å². The van der Waals surface area contributed by atoms with Gasteiger partial charge in [-0.3, -0.25) is 9.59 Å². The lowest BCUT2D eigenvalue weighted by Crippen LogP contribution is -2.49. The number of likely N-dealkylation sites (tertiary alicyclic amines) is 1. The molecule has 0 aliphatic carbocycles. The standard InChI is InChI=1S/C21H25N3O2/c22-20(26)21(17-7-3-1-4-8-17,18-9-5-2-6-10-18)19-11-13-24(15-19)14-12-23-16-25/h1-10,16,19H,11-15H2,(H2,22,26)(H,23,25). The number of primary amides is 1. The Morgan fingerprint density at radius 3 is 2.19 bits per heavy atom. The molecule has 1 fully saturated rings. The van der Waals surface area contributed by atoms with Gasteiger partial charge in [-0.25, -0.2) is 0 Å². The van der Waals surface area contributed by atoms with Crippen LogP contribution in [0.1, 0.15) is 17.5 Å². The molecule has 0 saturated carbocycles. The molecular formula is C21H25N3O2. The van der Waals surface area contributed by atoms with Gasteiger partial charge in [-0.15, -0.1) is 0 Å². The maximum absolute atomic E-state index is 12.9. The third-order valence-corrected chi connectivity index (χ3v) is 5.39. The summed E-state index contributed by atoms with van der Waals surface area (Å²) in [6.07, 6.45) is 1.60. The van der Waals surface area contributed by atoms with Crippen molar-refractivity contribution >= 4 is 12.3 Å². The van der Waals surface area contributed by atoms with Crippen molar-refractivity contribution in [2.75, 3.05) is 26.2 Å². The lowest BCUT2D eigenvalue weighted by Gasteiger charge is -2.37. The van der Waals surface area contributed by atoms with Crippen LogP contribution in [0.4, 0.5) is 0 Å². The average molecular weight is 351 g/mol. The van der Waals surface area contributed by atoms with Crippen molar-refractivity contribution in [1.82, 2.24) is 10.2 Å². The Kier molecular flexibility index (Phi) is 5.68. The first-order chi connectivity index (χ1) is 12.7. The molecule has 0 radical (unpaired) electrons. The molecule has 1 aliphatic rings. The smallest absolute Gasteiger partial charge is 0.232 e. The summed E-state index contributed by atoms with van der Waals surface area (Å²) >= 11 is 0.